The Morgan fingerprint density at radius 3 is 2.64 bits per heavy atom. The Morgan fingerprint density at radius 1 is 1.15 bits per heavy atom. The lowest BCUT2D eigenvalue weighted by Gasteiger charge is -2.31. The number of likely N-dealkylation sites (tertiary alicyclic amines) is 1. The minimum atomic E-state index is 0.0473. The molecule has 9 nitrogen and oxygen atoms in total. The fraction of sp³-hybridized carbons (Fsp3) is 0.625. The third kappa shape index (κ3) is 5.30. The zero-order valence-corrected chi connectivity index (χ0v) is 19.2. The van der Waals surface area contributed by atoms with Gasteiger partial charge >= 0.3 is 6.01 Å². The molecule has 4 heterocycles. The van der Waals surface area contributed by atoms with Gasteiger partial charge in [0.25, 0.3) is 0 Å². The minimum absolute atomic E-state index is 0.0473. The van der Waals surface area contributed by atoms with Crippen molar-refractivity contribution in [2.24, 2.45) is 11.8 Å². The van der Waals surface area contributed by atoms with Crippen molar-refractivity contribution in [3.8, 4) is 17.1 Å². The Labute approximate surface area is 194 Å². The van der Waals surface area contributed by atoms with E-state index in [9.17, 15) is 4.79 Å². The number of piperidine rings is 1. The van der Waals surface area contributed by atoms with E-state index in [1.54, 1.807) is 7.11 Å². The highest BCUT2D eigenvalue weighted by atomic mass is 16.5. The molecule has 0 radical (unpaired) electrons. The smallest absolute Gasteiger partial charge is 0.324 e. The van der Waals surface area contributed by atoms with E-state index < -0.39 is 0 Å². The fourth-order valence-corrected chi connectivity index (χ4v) is 4.89. The number of amides is 1. The summed E-state index contributed by atoms with van der Waals surface area (Å²) in [6.07, 6.45) is 4.35. The van der Waals surface area contributed by atoms with Crippen molar-refractivity contribution in [3.05, 3.63) is 24.3 Å². The number of hydrogen-bond acceptors (Lipinski definition) is 8. The van der Waals surface area contributed by atoms with Crippen molar-refractivity contribution < 1.29 is 18.8 Å². The van der Waals surface area contributed by atoms with Crippen LogP contribution in [0.3, 0.4) is 0 Å². The summed E-state index contributed by atoms with van der Waals surface area (Å²) < 4.78 is 16.2. The Morgan fingerprint density at radius 2 is 1.94 bits per heavy atom. The van der Waals surface area contributed by atoms with Gasteiger partial charge in [-0.05, 0) is 62.4 Å². The first kappa shape index (κ1) is 22.2. The monoisotopic (exact) mass is 455 g/mol. The number of ether oxygens (including phenoxy) is 2. The Hall–Kier alpha value is -2.65. The van der Waals surface area contributed by atoms with Crippen LogP contribution in [0.4, 0.5) is 6.01 Å². The largest absolute Gasteiger partial charge is 0.497 e. The summed E-state index contributed by atoms with van der Waals surface area (Å²) in [6, 6.07) is 8.09. The average Bonchev–Trinajstić information content (AvgIpc) is 3.50. The number of aromatic nitrogens is 2. The standard InChI is InChI=1S/C24H33N5O4/c1-31-20-4-2-18(3-5-20)22-26-24(33-27-22)29-11-7-19(8-12-29)23(30)25-14-17-6-10-28(15-17)16-21-9-13-32-21/h2-5,17,19,21H,6-16H2,1H3,(H,25,30). The molecule has 3 aliphatic heterocycles. The zero-order chi connectivity index (χ0) is 22.6. The lowest BCUT2D eigenvalue weighted by atomic mass is 9.96. The van der Waals surface area contributed by atoms with Gasteiger partial charge in [0, 0.05) is 50.8 Å². The number of carbonyl (C=O) groups is 1. The van der Waals surface area contributed by atoms with Crippen LogP contribution in [0.25, 0.3) is 11.4 Å². The molecule has 3 aliphatic rings. The first-order valence-corrected chi connectivity index (χ1v) is 12.0. The number of methoxy groups -OCH3 is 1. The third-order valence-electron chi connectivity index (χ3n) is 7.09. The Balaban J connectivity index is 1.05. The van der Waals surface area contributed by atoms with Crippen LogP contribution < -0.4 is 15.0 Å². The van der Waals surface area contributed by atoms with Crippen molar-refractivity contribution in [2.45, 2.75) is 31.8 Å². The van der Waals surface area contributed by atoms with Crippen LogP contribution >= 0.6 is 0 Å². The lowest BCUT2D eigenvalue weighted by Crippen LogP contribution is -2.42. The molecule has 3 saturated heterocycles. The highest BCUT2D eigenvalue weighted by Gasteiger charge is 2.30. The van der Waals surface area contributed by atoms with Crippen molar-refractivity contribution in [1.82, 2.24) is 20.4 Å². The molecule has 1 aromatic carbocycles. The second kappa shape index (κ2) is 10.1. The number of rotatable bonds is 8. The SMILES string of the molecule is COc1ccc(-c2noc(N3CCC(C(=O)NCC4CCN(CC5CCO5)C4)CC3)n2)cc1. The summed E-state index contributed by atoms with van der Waals surface area (Å²) in [4.78, 5) is 21.8. The quantitative estimate of drug-likeness (QED) is 0.648. The number of nitrogens with one attached hydrogen (secondary N) is 1. The van der Waals surface area contributed by atoms with Gasteiger partial charge in [-0.2, -0.15) is 4.98 Å². The third-order valence-corrected chi connectivity index (χ3v) is 7.09. The molecule has 178 valence electrons. The van der Waals surface area contributed by atoms with Crippen molar-refractivity contribution in [2.75, 3.05) is 57.9 Å². The molecule has 2 aromatic rings. The van der Waals surface area contributed by atoms with Crippen LogP contribution in [0.1, 0.15) is 25.7 Å². The molecule has 0 saturated carbocycles. The van der Waals surface area contributed by atoms with E-state index >= 15 is 0 Å². The van der Waals surface area contributed by atoms with E-state index in [2.05, 4.69) is 25.3 Å². The van der Waals surface area contributed by atoms with Gasteiger partial charge in [0.1, 0.15) is 5.75 Å². The lowest BCUT2D eigenvalue weighted by molar-refractivity contribution is -0.125. The number of benzene rings is 1. The predicted octanol–water partition coefficient (Wildman–Crippen LogP) is 2.19. The summed E-state index contributed by atoms with van der Waals surface area (Å²) in [6.45, 7) is 6.37. The first-order valence-electron chi connectivity index (χ1n) is 12.0. The molecular formula is C24H33N5O4. The van der Waals surface area contributed by atoms with E-state index in [-0.39, 0.29) is 11.8 Å². The normalized spacial score (nSPS) is 24.0. The first-order chi connectivity index (χ1) is 16.2. The van der Waals surface area contributed by atoms with E-state index in [4.69, 9.17) is 14.0 Å². The Bertz CT molecular complexity index is 921. The second-order valence-electron chi connectivity index (χ2n) is 9.33. The molecule has 5 rings (SSSR count). The fourth-order valence-electron chi connectivity index (χ4n) is 4.89. The summed E-state index contributed by atoms with van der Waals surface area (Å²) in [7, 11) is 1.64. The number of hydrogen-bond donors (Lipinski definition) is 1. The van der Waals surface area contributed by atoms with Crippen molar-refractivity contribution in [1.29, 1.82) is 0 Å². The van der Waals surface area contributed by atoms with Crippen LogP contribution in [-0.4, -0.2) is 80.0 Å². The van der Waals surface area contributed by atoms with Crippen LogP contribution in [0, 0.1) is 11.8 Å². The maximum Gasteiger partial charge on any atom is 0.324 e. The number of carbonyl (C=O) groups excluding carboxylic acids is 1. The van der Waals surface area contributed by atoms with Gasteiger partial charge in [-0.25, -0.2) is 0 Å². The molecule has 33 heavy (non-hydrogen) atoms. The van der Waals surface area contributed by atoms with Gasteiger partial charge in [0.15, 0.2) is 0 Å². The highest BCUT2D eigenvalue weighted by molar-refractivity contribution is 5.79. The molecule has 0 aliphatic carbocycles. The number of nitrogens with zero attached hydrogens (tertiary/aromatic N) is 4. The van der Waals surface area contributed by atoms with E-state index in [1.807, 2.05) is 24.3 Å². The average molecular weight is 456 g/mol. The predicted molar refractivity (Wildman–Crippen MR) is 123 cm³/mol. The molecule has 0 spiro atoms. The van der Waals surface area contributed by atoms with Gasteiger partial charge in [-0.3, -0.25) is 4.79 Å². The van der Waals surface area contributed by atoms with Crippen LogP contribution in [-0.2, 0) is 9.53 Å². The molecular weight excluding hydrogens is 422 g/mol. The van der Waals surface area contributed by atoms with Crippen molar-refractivity contribution >= 4 is 11.9 Å². The van der Waals surface area contributed by atoms with Gasteiger partial charge in [0.05, 0.1) is 13.2 Å². The maximum atomic E-state index is 12.7. The van der Waals surface area contributed by atoms with E-state index in [0.717, 1.165) is 76.5 Å². The van der Waals surface area contributed by atoms with Crippen LogP contribution in [0.2, 0.25) is 0 Å². The molecule has 1 N–H and O–H groups in total. The van der Waals surface area contributed by atoms with Gasteiger partial charge in [-0.1, -0.05) is 5.16 Å². The van der Waals surface area contributed by atoms with Gasteiger partial charge < -0.3 is 29.1 Å². The van der Waals surface area contributed by atoms with Crippen molar-refractivity contribution in [3.63, 3.8) is 0 Å². The molecule has 2 atom stereocenters. The topological polar surface area (TPSA) is 93.0 Å². The Kier molecular flexibility index (Phi) is 6.78. The van der Waals surface area contributed by atoms with E-state index in [1.165, 1.54) is 6.42 Å². The van der Waals surface area contributed by atoms with Gasteiger partial charge in [-0.15, -0.1) is 0 Å². The van der Waals surface area contributed by atoms with Gasteiger partial charge in [0.2, 0.25) is 11.7 Å². The second-order valence-corrected chi connectivity index (χ2v) is 9.33. The van der Waals surface area contributed by atoms with Crippen LogP contribution in [0.5, 0.6) is 5.75 Å². The highest BCUT2D eigenvalue weighted by Crippen LogP contribution is 2.26. The molecule has 3 fully saturated rings. The molecule has 2 unspecified atom stereocenters. The summed E-state index contributed by atoms with van der Waals surface area (Å²) in [5.41, 5.74) is 0.880. The van der Waals surface area contributed by atoms with E-state index in [0.29, 0.717) is 23.9 Å². The molecule has 9 heteroatoms. The maximum absolute atomic E-state index is 12.7. The number of anilines is 1. The molecule has 1 amide bonds. The minimum Gasteiger partial charge on any atom is -0.497 e. The summed E-state index contributed by atoms with van der Waals surface area (Å²) in [5, 5.41) is 7.33. The van der Waals surface area contributed by atoms with Crippen LogP contribution in [0.15, 0.2) is 28.8 Å². The molecule has 0 bridgehead atoms. The zero-order valence-electron chi connectivity index (χ0n) is 19.2. The molecule has 1 aromatic heterocycles. The summed E-state index contributed by atoms with van der Waals surface area (Å²) in [5.74, 6) is 2.12. The summed E-state index contributed by atoms with van der Waals surface area (Å²) >= 11 is 0.